The number of pyridine rings is 1. The molecule has 1 amide bonds. The molecular weight excluding hydrogens is 449 g/mol. The Hall–Kier alpha value is -2.32. The van der Waals surface area contributed by atoms with Crippen molar-refractivity contribution in [1.82, 2.24) is 4.98 Å². The average Bonchev–Trinajstić information content (AvgIpc) is 2.57. The standard InChI is InChI=1S/C18H10BrClF3N2O2/c1-9-15(13-8-10(19)2-7-14(13)25-16(9)20)17(26)24-11-3-5-12(6-4-11)27-18(21,22)23/h2-3,5-8H,1H3,(H,24,26). The molecule has 0 aliphatic rings. The monoisotopic (exact) mass is 457 g/mol. The Morgan fingerprint density at radius 3 is 2.67 bits per heavy atom. The van der Waals surface area contributed by atoms with Gasteiger partial charge in [0.25, 0.3) is 5.91 Å². The zero-order chi connectivity index (χ0) is 19.8. The number of rotatable bonds is 3. The van der Waals surface area contributed by atoms with Gasteiger partial charge in [0.1, 0.15) is 10.9 Å². The first-order chi connectivity index (χ1) is 12.6. The Morgan fingerprint density at radius 2 is 2.04 bits per heavy atom. The van der Waals surface area contributed by atoms with Crippen molar-refractivity contribution in [3.05, 3.63) is 63.2 Å². The molecule has 0 aliphatic heterocycles. The minimum Gasteiger partial charge on any atom is -0.406 e. The van der Waals surface area contributed by atoms with E-state index in [-0.39, 0.29) is 10.8 Å². The lowest BCUT2D eigenvalue weighted by Gasteiger charge is -2.13. The highest BCUT2D eigenvalue weighted by molar-refractivity contribution is 9.10. The maximum Gasteiger partial charge on any atom is 0.573 e. The van der Waals surface area contributed by atoms with Gasteiger partial charge in [0, 0.05) is 21.6 Å². The molecule has 0 atom stereocenters. The van der Waals surface area contributed by atoms with Crippen LogP contribution in [0.25, 0.3) is 10.9 Å². The van der Waals surface area contributed by atoms with E-state index in [0.717, 1.165) is 16.6 Å². The number of anilines is 1. The maximum atomic E-state index is 12.8. The molecule has 4 nitrogen and oxygen atoms in total. The summed E-state index contributed by atoms with van der Waals surface area (Å²) in [6.07, 6.45) is -4.80. The van der Waals surface area contributed by atoms with Gasteiger partial charge >= 0.3 is 6.36 Å². The summed E-state index contributed by atoms with van der Waals surface area (Å²) >= 11 is 9.48. The van der Waals surface area contributed by atoms with Crippen molar-refractivity contribution in [3.8, 4) is 5.75 Å². The second-order valence-corrected chi connectivity index (χ2v) is 6.78. The van der Waals surface area contributed by atoms with Gasteiger partial charge in [-0.3, -0.25) is 4.79 Å². The van der Waals surface area contributed by atoms with Crippen LogP contribution in [-0.2, 0) is 0 Å². The number of hydrogen-bond acceptors (Lipinski definition) is 3. The van der Waals surface area contributed by atoms with E-state index in [1.165, 1.54) is 6.07 Å². The van der Waals surface area contributed by atoms with Crippen LogP contribution in [0.4, 0.5) is 18.9 Å². The lowest BCUT2D eigenvalue weighted by atomic mass is 10.0. The number of carbonyl (C=O) groups is 1. The zero-order valence-corrected chi connectivity index (χ0v) is 16.0. The molecule has 0 fully saturated rings. The van der Waals surface area contributed by atoms with Crippen molar-refractivity contribution in [1.29, 1.82) is 0 Å². The van der Waals surface area contributed by atoms with Crippen LogP contribution in [0.1, 0.15) is 15.9 Å². The SMILES string of the molecule is Cc1c(Cl)nc2ccc(Br)cc2c1C(=O)Nc1[c]cc(OC(F)(F)F)cc1. The van der Waals surface area contributed by atoms with Gasteiger partial charge in [-0.1, -0.05) is 27.5 Å². The number of halogens is 5. The summed E-state index contributed by atoms with van der Waals surface area (Å²) in [6, 6.07) is 11.1. The number of benzene rings is 2. The molecule has 0 aliphatic carbocycles. The third-order valence-corrected chi connectivity index (χ3v) is 4.49. The molecule has 139 valence electrons. The number of aromatic nitrogens is 1. The Balaban J connectivity index is 1.92. The third-order valence-electron chi connectivity index (χ3n) is 3.62. The van der Waals surface area contributed by atoms with E-state index < -0.39 is 18.0 Å². The van der Waals surface area contributed by atoms with Gasteiger partial charge in [-0.05, 0) is 48.9 Å². The first kappa shape index (κ1) is 19.4. The quantitative estimate of drug-likeness (QED) is 0.497. The number of carbonyl (C=O) groups excluding carboxylic acids is 1. The van der Waals surface area contributed by atoms with Gasteiger partial charge < -0.3 is 10.1 Å². The topological polar surface area (TPSA) is 51.2 Å². The first-order valence-corrected chi connectivity index (χ1v) is 8.65. The van der Waals surface area contributed by atoms with Gasteiger partial charge in [-0.2, -0.15) is 0 Å². The van der Waals surface area contributed by atoms with Gasteiger partial charge in [0.05, 0.1) is 11.1 Å². The predicted molar refractivity (Wildman–Crippen MR) is 99.1 cm³/mol. The molecular formula is C18H10BrClF3N2O2. The van der Waals surface area contributed by atoms with E-state index >= 15 is 0 Å². The smallest absolute Gasteiger partial charge is 0.406 e. The summed E-state index contributed by atoms with van der Waals surface area (Å²) in [5.74, 6) is -0.918. The Kier molecular flexibility index (Phi) is 5.30. The van der Waals surface area contributed by atoms with Crippen LogP contribution in [-0.4, -0.2) is 17.3 Å². The van der Waals surface area contributed by atoms with Crippen LogP contribution >= 0.6 is 27.5 Å². The van der Waals surface area contributed by atoms with E-state index in [1.807, 2.05) is 0 Å². The largest absolute Gasteiger partial charge is 0.573 e. The Labute approximate surface area is 165 Å². The van der Waals surface area contributed by atoms with Gasteiger partial charge in [0.2, 0.25) is 0 Å². The molecule has 1 heterocycles. The number of alkyl halides is 3. The van der Waals surface area contributed by atoms with Crippen LogP contribution in [0, 0.1) is 13.0 Å². The molecule has 9 heteroatoms. The highest BCUT2D eigenvalue weighted by Crippen LogP contribution is 2.29. The second kappa shape index (κ2) is 7.36. The molecule has 0 bridgehead atoms. The van der Waals surface area contributed by atoms with Crippen molar-refractivity contribution in [2.24, 2.45) is 0 Å². The fraction of sp³-hybridized carbons (Fsp3) is 0.111. The van der Waals surface area contributed by atoms with Crippen molar-refractivity contribution in [2.45, 2.75) is 13.3 Å². The van der Waals surface area contributed by atoms with E-state index in [1.54, 1.807) is 25.1 Å². The van der Waals surface area contributed by atoms with Crippen LogP contribution in [0.5, 0.6) is 5.75 Å². The number of ether oxygens (including phenoxy) is 1. The zero-order valence-electron chi connectivity index (χ0n) is 13.6. The minimum absolute atomic E-state index is 0.185. The molecule has 0 saturated heterocycles. The lowest BCUT2D eigenvalue weighted by Crippen LogP contribution is -2.17. The Bertz CT molecular complexity index is 1020. The fourth-order valence-corrected chi connectivity index (χ4v) is 3.01. The molecule has 2 aromatic carbocycles. The second-order valence-electron chi connectivity index (χ2n) is 5.50. The summed E-state index contributed by atoms with van der Waals surface area (Å²) in [6.45, 7) is 1.66. The maximum absolute atomic E-state index is 12.8. The van der Waals surface area contributed by atoms with Crippen LogP contribution in [0.3, 0.4) is 0 Å². The molecule has 1 radical (unpaired) electrons. The molecule has 27 heavy (non-hydrogen) atoms. The molecule has 3 rings (SSSR count). The first-order valence-electron chi connectivity index (χ1n) is 7.48. The molecule has 0 saturated carbocycles. The lowest BCUT2D eigenvalue weighted by molar-refractivity contribution is -0.274. The minimum atomic E-state index is -4.80. The van der Waals surface area contributed by atoms with Crippen molar-refractivity contribution in [3.63, 3.8) is 0 Å². The van der Waals surface area contributed by atoms with Crippen molar-refractivity contribution >= 4 is 50.0 Å². The summed E-state index contributed by atoms with van der Waals surface area (Å²) in [5.41, 5.74) is 1.52. The van der Waals surface area contributed by atoms with Crippen LogP contribution < -0.4 is 10.1 Å². The summed E-state index contributed by atoms with van der Waals surface area (Å²) in [7, 11) is 0. The average molecular weight is 459 g/mol. The normalized spacial score (nSPS) is 11.5. The molecule has 1 aromatic heterocycles. The number of amides is 1. The van der Waals surface area contributed by atoms with E-state index in [4.69, 9.17) is 11.6 Å². The third kappa shape index (κ3) is 4.51. The number of nitrogens with zero attached hydrogens (tertiary/aromatic N) is 1. The molecule has 0 unspecified atom stereocenters. The molecule has 0 spiro atoms. The van der Waals surface area contributed by atoms with Crippen LogP contribution in [0.15, 0.2) is 40.9 Å². The predicted octanol–water partition coefficient (Wildman–Crippen LogP) is 5.91. The summed E-state index contributed by atoms with van der Waals surface area (Å²) in [5, 5.41) is 3.37. The van der Waals surface area contributed by atoms with Gasteiger partial charge in [-0.15, -0.1) is 13.2 Å². The van der Waals surface area contributed by atoms with Gasteiger partial charge in [-0.25, -0.2) is 4.98 Å². The van der Waals surface area contributed by atoms with Crippen molar-refractivity contribution < 1.29 is 22.7 Å². The fourth-order valence-electron chi connectivity index (χ4n) is 2.46. The molecule has 1 N–H and O–H groups in total. The highest BCUT2D eigenvalue weighted by Gasteiger charge is 2.31. The van der Waals surface area contributed by atoms with E-state index in [0.29, 0.717) is 22.0 Å². The highest BCUT2D eigenvalue weighted by atomic mass is 79.9. The molecule has 3 aromatic rings. The van der Waals surface area contributed by atoms with E-state index in [2.05, 4.69) is 37.0 Å². The van der Waals surface area contributed by atoms with Crippen molar-refractivity contribution in [2.75, 3.05) is 5.32 Å². The number of fused-ring (bicyclic) bond motifs is 1. The summed E-state index contributed by atoms with van der Waals surface area (Å²) < 4.78 is 41.2. The van der Waals surface area contributed by atoms with E-state index in [9.17, 15) is 18.0 Å². The summed E-state index contributed by atoms with van der Waals surface area (Å²) in [4.78, 5) is 17.0. The Morgan fingerprint density at radius 1 is 1.30 bits per heavy atom. The number of hydrogen-bond donors (Lipinski definition) is 1. The van der Waals surface area contributed by atoms with Gasteiger partial charge in [0.15, 0.2) is 0 Å². The number of nitrogens with one attached hydrogen (secondary N) is 1. The van der Waals surface area contributed by atoms with Crippen LogP contribution in [0.2, 0.25) is 5.15 Å².